The monoisotopic (exact) mass is 229 g/mol. The molecule has 1 unspecified atom stereocenters. The Morgan fingerprint density at radius 3 is 1.93 bits per heavy atom. The van der Waals surface area contributed by atoms with E-state index in [-0.39, 0.29) is 0 Å². The van der Waals surface area contributed by atoms with Crippen LogP contribution in [0.25, 0.3) is 0 Å². The van der Waals surface area contributed by atoms with Crippen molar-refractivity contribution in [2.45, 2.75) is 18.9 Å². The van der Waals surface area contributed by atoms with Crippen molar-refractivity contribution in [1.82, 2.24) is 0 Å². The minimum atomic E-state index is -4.67. The summed E-state index contributed by atoms with van der Waals surface area (Å²) in [5.74, 6) is -0.455. The lowest BCUT2D eigenvalue weighted by Gasteiger charge is -2.03. The maximum atomic E-state index is 10.3. The molecule has 0 spiro atoms. The van der Waals surface area contributed by atoms with E-state index in [9.17, 15) is 4.79 Å². The van der Waals surface area contributed by atoms with E-state index in [0.29, 0.717) is 13.0 Å². The van der Waals surface area contributed by atoms with E-state index < -0.39 is 22.3 Å². The van der Waals surface area contributed by atoms with Crippen LogP contribution >= 0.6 is 0 Å². The van der Waals surface area contributed by atoms with Crippen LogP contribution in [0.4, 0.5) is 0 Å². The Labute approximate surface area is 82.0 Å². The maximum Gasteiger partial charge on any atom is 0.394 e. The molecule has 0 aliphatic rings. The minimum absolute atomic E-state index is 0.455. The number of nitrogens with two attached hydrogens (primary N) is 3. The van der Waals surface area contributed by atoms with Gasteiger partial charge in [-0.25, -0.2) is 0 Å². The molecule has 1 atom stereocenters. The predicted octanol–water partition coefficient (Wildman–Crippen LogP) is -2.11. The van der Waals surface area contributed by atoms with Crippen LogP contribution in [0.5, 0.6) is 0 Å². The zero-order valence-electron chi connectivity index (χ0n) is 7.46. The summed E-state index contributed by atoms with van der Waals surface area (Å²) in [5.41, 5.74) is 15.3. The van der Waals surface area contributed by atoms with Crippen molar-refractivity contribution in [2.24, 2.45) is 17.2 Å². The third kappa shape index (κ3) is 22.5. The normalized spacial score (nSPS) is 12.6. The van der Waals surface area contributed by atoms with Crippen LogP contribution in [0, 0.1) is 0 Å². The molecule has 0 aliphatic carbocycles. The number of hydrogen-bond donors (Lipinski definition) is 5. The molecular formula is C5H15N3O5S. The Hall–Kier alpha value is -0.740. The van der Waals surface area contributed by atoms with Gasteiger partial charge in [0.25, 0.3) is 0 Å². The second-order valence-corrected chi connectivity index (χ2v) is 3.28. The van der Waals surface area contributed by atoms with Gasteiger partial charge in [0.1, 0.15) is 0 Å². The first-order valence-corrected chi connectivity index (χ1v) is 5.03. The van der Waals surface area contributed by atoms with E-state index in [1.807, 2.05) is 0 Å². The summed E-state index contributed by atoms with van der Waals surface area (Å²) in [7, 11) is -4.67. The summed E-state index contributed by atoms with van der Waals surface area (Å²) in [4.78, 5) is 10.3. The average Bonchev–Trinajstić information content (AvgIpc) is 1.96. The van der Waals surface area contributed by atoms with E-state index >= 15 is 0 Å². The molecule has 0 fully saturated rings. The second-order valence-electron chi connectivity index (χ2n) is 2.39. The van der Waals surface area contributed by atoms with Gasteiger partial charge in [0.2, 0.25) is 5.91 Å². The van der Waals surface area contributed by atoms with Gasteiger partial charge in [-0.2, -0.15) is 8.42 Å². The van der Waals surface area contributed by atoms with E-state index in [1.54, 1.807) is 0 Å². The van der Waals surface area contributed by atoms with Crippen molar-refractivity contribution < 1.29 is 22.3 Å². The van der Waals surface area contributed by atoms with Gasteiger partial charge in [-0.05, 0) is 19.4 Å². The maximum absolute atomic E-state index is 10.3. The first kappa shape index (κ1) is 15.7. The van der Waals surface area contributed by atoms with Crippen molar-refractivity contribution in [3.8, 4) is 0 Å². The fourth-order valence-electron chi connectivity index (χ4n) is 0.480. The first-order valence-electron chi connectivity index (χ1n) is 3.63. The molecule has 0 rings (SSSR count). The van der Waals surface area contributed by atoms with E-state index in [2.05, 4.69) is 0 Å². The third-order valence-corrected chi connectivity index (χ3v) is 1.08. The lowest BCUT2D eigenvalue weighted by molar-refractivity contribution is -0.119. The van der Waals surface area contributed by atoms with Gasteiger partial charge in [0.15, 0.2) is 0 Å². The van der Waals surface area contributed by atoms with Crippen LogP contribution in [-0.2, 0) is 15.2 Å². The van der Waals surface area contributed by atoms with Crippen molar-refractivity contribution in [3.05, 3.63) is 0 Å². The van der Waals surface area contributed by atoms with Gasteiger partial charge in [0.05, 0.1) is 6.04 Å². The molecule has 1 amide bonds. The van der Waals surface area contributed by atoms with Crippen molar-refractivity contribution in [1.29, 1.82) is 0 Å². The molecule has 14 heavy (non-hydrogen) atoms. The molecule has 0 radical (unpaired) electrons. The molecule has 9 heteroatoms. The molecule has 0 aliphatic heterocycles. The molecule has 0 saturated carbocycles. The summed E-state index contributed by atoms with van der Waals surface area (Å²) in [6.45, 7) is 0.557. The van der Waals surface area contributed by atoms with Crippen LogP contribution in [-0.4, -0.2) is 36.0 Å². The van der Waals surface area contributed by atoms with Crippen LogP contribution in [0.1, 0.15) is 12.8 Å². The van der Waals surface area contributed by atoms with E-state index in [1.165, 1.54) is 0 Å². The first-order chi connectivity index (χ1) is 6.18. The van der Waals surface area contributed by atoms with Crippen LogP contribution in [0.3, 0.4) is 0 Å². The molecule has 0 heterocycles. The van der Waals surface area contributed by atoms with Gasteiger partial charge in [-0.3, -0.25) is 13.9 Å². The quantitative estimate of drug-likeness (QED) is 0.343. The molecule has 86 valence electrons. The van der Waals surface area contributed by atoms with Gasteiger partial charge in [-0.15, -0.1) is 0 Å². The summed E-state index contributed by atoms with van der Waals surface area (Å²) in [6, 6.07) is -0.520. The molecule has 0 aromatic rings. The largest absolute Gasteiger partial charge is 0.394 e. The minimum Gasteiger partial charge on any atom is -0.368 e. The third-order valence-electron chi connectivity index (χ3n) is 1.08. The van der Waals surface area contributed by atoms with Gasteiger partial charge in [0, 0.05) is 0 Å². The van der Waals surface area contributed by atoms with Crippen LogP contribution in [0.15, 0.2) is 0 Å². The highest BCUT2D eigenvalue weighted by Gasteiger charge is 2.06. The number of carbonyl (C=O) groups excluding carboxylic acids is 1. The molecule has 0 aromatic carbocycles. The molecule has 0 saturated heterocycles. The van der Waals surface area contributed by atoms with E-state index in [0.717, 1.165) is 6.42 Å². The van der Waals surface area contributed by atoms with Crippen LogP contribution in [0.2, 0.25) is 0 Å². The van der Waals surface area contributed by atoms with Crippen molar-refractivity contribution in [2.75, 3.05) is 6.54 Å². The van der Waals surface area contributed by atoms with E-state index in [4.69, 9.17) is 34.7 Å². The lowest BCUT2D eigenvalue weighted by atomic mass is 10.1. The molecule has 0 bridgehead atoms. The number of carbonyl (C=O) groups is 1. The van der Waals surface area contributed by atoms with Crippen molar-refractivity contribution >= 4 is 16.3 Å². The molecule has 8 nitrogen and oxygen atoms in total. The molecule has 8 N–H and O–H groups in total. The van der Waals surface area contributed by atoms with Crippen molar-refractivity contribution in [3.63, 3.8) is 0 Å². The Bertz CT molecular complexity index is 244. The highest BCUT2D eigenvalue weighted by molar-refractivity contribution is 7.79. The Morgan fingerprint density at radius 1 is 1.36 bits per heavy atom. The van der Waals surface area contributed by atoms with Gasteiger partial charge >= 0.3 is 10.4 Å². The SMILES string of the molecule is NCCCC(N)C(N)=O.O=S(=O)(O)O. The fraction of sp³-hybridized carbons (Fsp3) is 0.800. The summed E-state index contributed by atoms with van der Waals surface area (Å²) >= 11 is 0. The Kier molecular flexibility index (Phi) is 8.58. The topological polar surface area (TPSA) is 170 Å². The number of amides is 1. The lowest BCUT2D eigenvalue weighted by Crippen LogP contribution is -2.36. The average molecular weight is 229 g/mol. The highest BCUT2D eigenvalue weighted by Crippen LogP contribution is 1.89. The summed E-state index contributed by atoms with van der Waals surface area (Å²) < 4.78 is 31.6. The zero-order chi connectivity index (χ0) is 11.8. The Morgan fingerprint density at radius 2 is 1.71 bits per heavy atom. The predicted molar refractivity (Wildman–Crippen MR) is 49.6 cm³/mol. The number of primary amides is 1. The number of hydrogen-bond acceptors (Lipinski definition) is 5. The molecule has 0 aromatic heterocycles. The number of rotatable bonds is 4. The standard InChI is InChI=1S/C5H13N3O.H2O4S/c6-3-1-2-4(7)5(8)9;1-5(2,3)4/h4H,1-3,6-7H2,(H2,8,9);(H2,1,2,3,4). The second kappa shape index (κ2) is 7.64. The van der Waals surface area contributed by atoms with Gasteiger partial charge in [-0.1, -0.05) is 0 Å². The molecular weight excluding hydrogens is 214 g/mol. The zero-order valence-corrected chi connectivity index (χ0v) is 8.27. The van der Waals surface area contributed by atoms with Gasteiger partial charge < -0.3 is 17.2 Å². The fourth-order valence-corrected chi connectivity index (χ4v) is 0.480. The highest BCUT2D eigenvalue weighted by atomic mass is 32.3. The summed E-state index contributed by atoms with van der Waals surface area (Å²) in [5, 5.41) is 0. The van der Waals surface area contributed by atoms with Crippen LogP contribution < -0.4 is 17.2 Å². The Balaban J connectivity index is 0. The summed E-state index contributed by atoms with van der Waals surface area (Å²) in [6.07, 6.45) is 1.34. The smallest absolute Gasteiger partial charge is 0.368 e.